The number of hydrogen-bond donors (Lipinski definition) is 0. The van der Waals surface area contributed by atoms with E-state index in [2.05, 4.69) is 48.9 Å². The molecule has 1 aromatic carbocycles. The van der Waals surface area contributed by atoms with Crippen LogP contribution in [0.5, 0.6) is 5.75 Å². The molecule has 0 unspecified atom stereocenters. The molecule has 0 saturated carbocycles. The minimum atomic E-state index is -0.339. The van der Waals surface area contributed by atoms with Crippen LogP contribution in [0.25, 0.3) is 5.69 Å². The Hall–Kier alpha value is -1.41. The Bertz CT molecular complexity index is 721. The van der Waals surface area contributed by atoms with E-state index >= 15 is 0 Å². The van der Waals surface area contributed by atoms with Crippen LogP contribution in [0.1, 0.15) is 13.8 Å². The highest BCUT2D eigenvalue weighted by Crippen LogP contribution is 2.33. The standard InChI is InChI=1S/C13H14Br2N4O2/c1-4-5-18-13(20)19(17-16-18)11-7-12(21-8(2)3)10(15)6-9(11)14/h4,6-8H,1,5H2,2-3H3. The highest BCUT2D eigenvalue weighted by molar-refractivity contribution is 9.11. The first-order valence-corrected chi connectivity index (χ1v) is 7.82. The van der Waals surface area contributed by atoms with Crippen LogP contribution >= 0.6 is 31.9 Å². The van der Waals surface area contributed by atoms with Gasteiger partial charge >= 0.3 is 5.69 Å². The van der Waals surface area contributed by atoms with Crippen LogP contribution in [0.2, 0.25) is 0 Å². The number of aromatic nitrogens is 4. The zero-order chi connectivity index (χ0) is 15.6. The first kappa shape index (κ1) is 16.0. The molecule has 112 valence electrons. The largest absolute Gasteiger partial charge is 0.490 e. The maximum Gasteiger partial charge on any atom is 0.368 e. The van der Waals surface area contributed by atoms with Gasteiger partial charge in [-0.15, -0.1) is 6.58 Å². The lowest BCUT2D eigenvalue weighted by Gasteiger charge is -2.13. The molecule has 2 aromatic rings. The average molecular weight is 418 g/mol. The maximum absolute atomic E-state index is 12.2. The Morgan fingerprint density at radius 2 is 2.05 bits per heavy atom. The van der Waals surface area contributed by atoms with Crippen LogP contribution in [0.3, 0.4) is 0 Å². The van der Waals surface area contributed by atoms with Crippen LogP contribution in [-0.4, -0.2) is 25.9 Å². The smallest absolute Gasteiger partial charge is 0.368 e. The van der Waals surface area contributed by atoms with Gasteiger partial charge in [0.05, 0.1) is 22.8 Å². The number of halogens is 2. The zero-order valence-electron chi connectivity index (χ0n) is 11.6. The van der Waals surface area contributed by atoms with Gasteiger partial charge in [0.2, 0.25) is 0 Å². The second-order valence-corrected chi connectivity index (χ2v) is 6.25. The van der Waals surface area contributed by atoms with E-state index in [1.54, 1.807) is 12.1 Å². The fraction of sp³-hybridized carbons (Fsp3) is 0.308. The van der Waals surface area contributed by atoms with Gasteiger partial charge in [0.1, 0.15) is 5.75 Å². The van der Waals surface area contributed by atoms with Gasteiger partial charge in [-0.25, -0.2) is 4.79 Å². The van der Waals surface area contributed by atoms with Crippen molar-refractivity contribution >= 4 is 31.9 Å². The van der Waals surface area contributed by atoms with Crippen molar-refractivity contribution in [3.63, 3.8) is 0 Å². The molecule has 0 amide bonds. The predicted molar refractivity (Wildman–Crippen MR) is 87.0 cm³/mol. The van der Waals surface area contributed by atoms with Gasteiger partial charge < -0.3 is 4.74 Å². The van der Waals surface area contributed by atoms with E-state index in [0.29, 0.717) is 22.5 Å². The Labute approximate surface area is 138 Å². The summed E-state index contributed by atoms with van der Waals surface area (Å²) >= 11 is 6.86. The quantitative estimate of drug-likeness (QED) is 0.701. The van der Waals surface area contributed by atoms with Gasteiger partial charge in [0.25, 0.3) is 0 Å². The van der Waals surface area contributed by atoms with Crippen LogP contribution in [-0.2, 0) is 6.54 Å². The molecule has 21 heavy (non-hydrogen) atoms. The Morgan fingerprint density at radius 3 is 2.67 bits per heavy atom. The number of benzene rings is 1. The summed E-state index contributed by atoms with van der Waals surface area (Å²) in [4.78, 5) is 12.2. The highest BCUT2D eigenvalue weighted by Gasteiger charge is 2.15. The fourth-order valence-electron chi connectivity index (χ4n) is 1.69. The minimum Gasteiger partial charge on any atom is -0.490 e. The second-order valence-electron chi connectivity index (χ2n) is 4.54. The van der Waals surface area contributed by atoms with Crippen molar-refractivity contribution in [2.45, 2.75) is 26.5 Å². The predicted octanol–water partition coefficient (Wildman–Crippen LogP) is 2.93. The Balaban J connectivity index is 2.53. The van der Waals surface area contributed by atoms with Crippen LogP contribution in [0, 0.1) is 0 Å². The number of tetrazole rings is 1. The molecule has 0 fully saturated rings. The molecular formula is C13H14Br2N4O2. The van der Waals surface area contributed by atoms with E-state index in [1.165, 1.54) is 9.36 Å². The van der Waals surface area contributed by atoms with Gasteiger partial charge in [-0.05, 0) is 62.2 Å². The number of ether oxygens (including phenoxy) is 1. The lowest BCUT2D eigenvalue weighted by atomic mass is 10.3. The first-order valence-electron chi connectivity index (χ1n) is 6.23. The van der Waals surface area contributed by atoms with Gasteiger partial charge in [-0.2, -0.15) is 9.36 Å². The van der Waals surface area contributed by atoms with Gasteiger partial charge in [0.15, 0.2) is 0 Å². The van der Waals surface area contributed by atoms with E-state index < -0.39 is 0 Å². The van der Waals surface area contributed by atoms with Gasteiger partial charge in [-0.1, -0.05) is 6.08 Å². The maximum atomic E-state index is 12.2. The summed E-state index contributed by atoms with van der Waals surface area (Å²) in [7, 11) is 0. The van der Waals surface area contributed by atoms with Crippen molar-refractivity contribution in [2.24, 2.45) is 0 Å². The third kappa shape index (κ3) is 3.44. The molecule has 0 atom stereocenters. The van der Waals surface area contributed by atoms with E-state index in [1.807, 2.05) is 19.9 Å². The first-order chi connectivity index (χ1) is 9.93. The van der Waals surface area contributed by atoms with E-state index in [-0.39, 0.29) is 11.8 Å². The zero-order valence-corrected chi connectivity index (χ0v) is 14.8. The lowest BCUT2D eigenvalue weighted by Crippen LogP contribution is -2.24. The molecule has 0 aliphatic rings. The van der Waals surface area contributed by atoms with Crippen LogP contribution < -0.4 is 10.4 Å². The molecule has 0 saturated heterocycles. The summed E-state index contributed by atoms with van der Waals surface area (Å²) in [6.45, 7) is 7.75. The summed E-state index contributed by atoms with van der Waals surface area (Å²) < 4.78 is 9.64. The number of nitrogens with zero attached hydrogens (tertiary/aromatic N) is 4. The normalized spacial score (nSPS) is 10.9. The average Bonchev–Trinajstić information content (AvgIpc) is 2.75. The van der Waals surface area contributed by atoms with Gasteiger partial charge in [-0.3, -0.25) is 0 Å². The van der Waals surface area contributed by atoms with E-state index in [9.17, 15) is 4.79 Å². The van der Waals surface area contributed by atoms with Crippen LogP contribution in [0.4, 0.5) is 0 Å². The van der Waals surface area contributed by atoms with Crippen LogP contribution in [0.15, 0.2) is 38.5 Å². The number of allylic oxidation sites excluding steroid dienone is 1. The van der Waals surface area contributed by atoms with Crippen molar-refractivity contribution in [3.8, 4) is 11.4 Å². The molecule has 0 radical (unpaired) electrons. The minimum absolute atomic E-state index is 0.0171. The van der Waals surface area contributed by atoms with Crippen molar-refractivity contribution in [1.29, 1.82) is 0 Å². The summed E-state index contributed by atoms with van der Waals surface area (Å²) in [6, 6.07) is 3.55. The number of rotatable bonds is 5. The van der Waals surface area contributed by atoms with Crippen molar-refractivity contribution in [3.05, 3.63) is 44.2 Å². The summed E-state index contributed by atoms with van der Waals surface area (Å²) in [6.07, 6.45) is 1.60. The Morgan fingerprint density at radius 1 is 1.33 bits per heavy atom. The molecule has 1 heterocycles. The highest BCUT2D eigenvalue weighted by atomic mass is 79.9. The monoisotopic (exact) mass is 416 g/mol. The number of hydrogen-bond acceptors (Lipinski definition) is 4. The lowest BCUT2D eigenvalue weighted by molar-refractivity contribution is 0.240. The van der Waals surface area contributed by atoms with Crippen molar-refractivity contribution in [1.82, 2.24) is 19.8 Å². The van der Waals surface area contributed by atoms with E-state index in [0.717, 1.165) is 4.47 Å². The Kier molecular flexibility index (Phi) is 5.00. The SMILES string of the molecule is C=CCn1nnn(-c2cc(OC(C)C)c(Br)cc2Br)c1=O. The topological polar surface area (TPSA) is 61.9 Å². The second kappa shape index (κ2) is 6.57. The molecule has 0 bridgehead atoms. The molecule has 8 heteroatoms. The fourth-order valence-corrected chi connectivity index (χ4v) is 2.94. The molecular weight excluding hydrogens is 404 g/mol. The summed E-state index contributed by atoms with van der Waals surface area (Å²) in [5, 5.41) is 7.69. The molecule has 0 aliphatic carbocycles. The molecule has 6 nitrogen and oxygen atoms in total. The third-order valence-corrected chi connectivity index (χ3v) is 3.79. The summed E-state index contributed by atoms with van der Waals surface area (Å²) in [5.74, 6) is 0.633. The molecule has 0 spiro atoms. The molecule has 2 rings (SSSR count). The van der Waals surface area contributed by atoms with Gasteiger partial charge in [0, 0.05) is 10.5 Å². The van der Waals surface area contributed by atoms with Crippen molar-refractivity contribution in [2.75, 3.05) is 0 Å². The van der Waals surface area contributed by atoms with Crippen molar-refractivity contribution < 1.29 is 4.74 Å². The van der Waals surface area contributed by atoms with E-state index in [4.69, 9.17) is 4.74 Å². The third-order valence-electron chi connectivity index (χ3n) is 2.53. The molecule has 0 aliphatic heterocycles. The molecule has 1 aromatic heterocycles. The molecule has 0 N–H and O–H groups in total. The summed E-state index contributed by atoms with van der Waals surface area (Å²) in [5.41, 5.74) is 0.225.